The lowest BCUT2D eigenvalue weighted by Gasteiger charge is -2.16. The quantitative estimate of drug-likeness (QED) is 0.441. The monoisotopic (exact) mass is 334 g/mol. The second-order valence-corrected chi connectivity index (χ2v) is 7.78. The van der Waals surface area contributed by atoms with Gasteiger partial charge in [-0.15, -0.1) is 0 Å². The van der Waals surface area contributed by atoms with Crippen LogP contribution in [0.1, 0.15) is 0 Å². The molecule has 0 heterocycles. The van der Waals surface area contributed by atoms with Crippen LogP contribution < -0.4 is 0 Å². The molecule has 0 aromatic heterocycles. The molecule has 0 aromatic carbocycles. The summed E-state index contributed by atoms with van der Waals surface area (Å²) in [7, 11) is -7.07. The molecule has 0 fully saturated rings. The number of hydrogen-bond donors (Lipinski definition) is 0. The molecule has 0 spiro atoms. The fourth-order valence-corrected chi connectivity index (χ4v) is 5.17. The third-order valence-corrected chi connectivity index (χ3v) is 7.02. The maximum atomic E-state index is 12.0. The maximum absolute atomic E-state index is 12.0. The molecule has 2 atom stereocenters. The molecule has 4 nitrogen and oxygen atoms in total. The van der Waals surface area contributed by atoms with E-state index in [9.17, 15) is 40.3 Å². The predicted octanol–water partition coefficient (Wildman–Crippen LogP) is 2.73. The van der Waals surface area contributed by atoms with E-state index in [2.05, 4.69) is 4.74 Å². The Kier molecular flexibility index (Phi) is 6.62. The molecule has 2 unspecified atom stereocenters. The highest BCUT2D eigenvalue weighted by molar-refractivity contribution is 7.65. The number of hydrogen-bond acceptors (Lipinski definition) is 4. The third kappa shape index (κ3) is 7.62. The zero-order chi connectivity index (χ0) is 15.4. The summed E-state index contributed by atoms with van der Waals surface area (Å²) in [6.45, 7) is 0. The minimum atomic E-state index is -4.93. The zero-order valence-corrected chi connectivity index (χ0v) is 11.4. The summed E-state index contributed by atoms with van der Waals surface area (Å²) in [5.41, 5.74) is 0. The first-order chi connectivity index (χ1) is 8.37. The fraction of sp³-hybridized carbons (Fsp3) is 0.857. The van der Waals surface area contributed by atoms with Crippen LogP contribution in [0.25, 0.3) is 0 Å². The molecule has 0 aromatic rings. The van der Waals surface area contributed by atoms with Crippen LogP contribution in [0.15, 0.2) is 0 Å². The van der Waals surface area contributed by atoms with Gasteiger partial charge in [-0.2, -0.15) is 26.3 Å². The minimum absolute atomic E-state index is 0.695. The van der Waals surface area contributed by atoms with Crippen molar-refractivity contribution in [1.29, 1.82) is 0 Å². The van der Waals surface area contributed by atoms with Crippen LogP contribution >= 0.6 is 15.6 Å². The summed E-state index contributed by atoms with van der Waals surface area (Å²) >= 11 is 0. The van der Waals surface area contributed by atoms with Crippen molar-refractivity contribution >= 4 is 21.6 Å². The first-order valence-electron chi connectivity index (χ1n) is 4.64. The molecular formula is C7H10F6O4P2. The largest absolute Gasteiger partial charge is 0.468 e. The molecule has 0 saturated heterocycles. The number of esters is 1. The van der Waals surface area contributed by atoms with Crippen LogP contribution in [0.4, 0.5) is 26.3 Å². The van der Waals surface area contributed by atoms with Crippen molar-refractivity contribution in [3.63, 3.8) is 0 Å². The first-order valence-corrected chi connectivity index (χ1v) is 8.02. The van der Waals surface area contributed by atoms with Crippen LogP contribution in [0.3, 0.4) is 0 Å². The lowest BCUT2D eigenvalue weighted by molar-refractivity contribution is -0.138. The van der Waals surface area contributed by atoms with Gasteiger partial charge in [0.05, 0.1) is 19.4 Å². The third-order valence-electron chi connectivity index (χ3n) is 1.83. The van der Waals surface area contributed by atoms with Gasteiger partial charge in [0, 0.05) is 0 Å². The summed E-state index contributed by atoms with van der Waals surface area (Å²) in [5.74, 6) is -1.58. The minimum Gasteiger partial charge on any atom is -0.468 e. The van der Waals surface area contributed by atoms with Gasteiger partial charge in [0.15, 0.2) is 5.40 Å². The van der Waals surface area contributed by atoms with Crippen molar-refractivity contribution in [2.45, 2.75) is 17.8 Å². The topological polar surface area (TPSA) is 60.4 Å². The van der Waals surface area contributed by atoms with Gasteiger partial charge >= 0.3 is 18.3 Å². The van der Waals surface area contributed by atoms with Gasteiger partial charge in [-0.1, -0.05) is 0 Å². The molecule has 0 rings (SSSR count). The summed E-state index contributed by atoms with van der Waals surface area (Å²) in [6, 6.07) is 0. The molecule has 0 aliphatic carbocycles. The van der Waals surface area contributed by atoms with Crippen molar-refractivity contribution in [2.24, 2.45) is 0 Å². The molecule has 0 bridgehead atoms. The Labute approximate surface area is 105 Å². The van der Waals surface area contributed by atoms with E-state index >= 15 is 0 Å². The molecule has 0 aliphatic heterocycles. The van der Waals surface area contributed by atoms with Gasteiger partial charge in [-0.25, -0.2) is 0 Å². The average Bonchev–Trinajstić information content (AvgIpc) is 2.11. The van der Waals surface area contributed by atoms with E-state index < -0.39 is 51.6 Å². The number of methoxy groups -OCH3 is 1. The Bertz CT molecular complexity index is 349. The van der Waals surface area contributed by atoms with Gasteiger partial charge in [-0.3, -0.25) is 4.79 Å². The highest BCUT2D eigenvalue weighted by atomic mass is 31.2. The highest BCUT2D eigenvalue weighted by Crippen LogP contribution is 2.50. The molecular weight excluding hydrogens is 324 g/mol. The molecule has 114 valence electrons. The SMILES string of the molecule is COC(=O)C([PH](=O)CC(F)(F)F)[PH](=O)CC(F)(F)F. The molecule has 12 heteroatoms. The smallest absolute Gasteiger partial charge is 0.395 e. The van der Waals surface area contributed by atoms with Gasteiger partial charge in [0.25, 0.3) is 0 Å². The van der Waals surface area contributed by atoms with Crippen molar-refractivity contribution in [2.75, 3.05) is 19.4 Å². The van der Waals surface area contributed by atoms with E-state index in [1.165, 1.54) is 0 Å². The van der Waals surface area contributed by atoms with Gasteiger partial charge < -0.3 is 13.9 Å². The molecule has 0 saturated carbocycles. The van der Waals surface area contributed by atoms with Crippen LogP contribution in [0.5, 0.6) is 0 Å². The standard InChI is InChI=1S/C7H10F6O4P2/c1-17-4(14)5(18(15)2-6(8,9)10)19(16)3-7(11,12)13/h5,18-19H,2-3H2,1H3. The van der Waals surface area contributed by atoms with E-state index in [1.807, 2.05) is 0 Å². The van der Waals surface area contributed by atoms with Crippen molar-refractivity contribution < 1.29 is 45.0 Å². The van der Waals surface area contributed by atoms with Crippen molar-refractivity contribution in [3.05, 3.63) is 0 Å². The van der Waals surface area contributed by atoms with Crippen LogP contribution in [0, 0.1) is 0 Å². The van der Waals surface area contributed by atoms with Crippen LogP contribution in [-0.4, -0.2) is 43.2 Å². The number of rotatable bonds is 5. The summed E-state index contributed by atoms with van der Waals surface area (Å²) in [6.07, 6.45) is -13.8. The number of halogens is 6. The number of ether oxygens (including phenoxy) is 1. The van der Waals surface area contributed by atoms with Gasteiger partial charge in [0.2, 0.25) is 0 Å². The van der Waals surface area contributed by atoms with E-state index in [4.69, 9.17) is 0 Å². The Hall–Kier alpha value is -0.490. The van der Waals surface area contributed by atoms with E-state index in [0.717, 1.165) is 0 Å². The Balaban J connectivity index is 5.08. The molecule has 0 N–H and O–H groups in total. The Morgan fingerprint density at radius 3 is 1.53 bits per heavy atom. The Morgan fingerprint density at radius 2 is 1.32 bits per heavy atom. The zero-order valence-electron chi connectivity index (χ0n) is 9.39. The highest BCUT2D eigenvalue weighted by Gasteiger charge is 2.43. The van der Waals surface area contributed by atoms with E-state index in [-0.39, 0.29) is 0 Å². The molecule has 0 aliphatic rings. The van der Waals surface area contributed by atoms with Crippen molar-refractivity contribution in [1.82, 2.24) is 0 Å². The molecule has 0 amide bonds. The number of carbonyl (C=O) groups is 1. The lowest BCUT2D eigenvalue weighted by Crippen LogP contribution is -2.23. The predicted molar refractivity (Wildman–Crippen MR) is 55.7 cm³/mol. The second-order valence-electron chi connectivity index (χ2n) is 3.47. The number of carbonyl (C=O) groups excluding carboxylic acids is 1. The van der Waals surface area contributed by atoms with Gasteiger partial charge in [-0.05, 0) is 0 Å². The lowest BCUT2D eigenvalue weighted by atomic mass is 10.8. The van der Waals surface area contributed by atoms with Crippen LogP contribution in [-0.2, 0) is 18.7 Å². The van der Waals surface area contributed by atoms with Crippen LogP contribution in [0.2, 0.25) is 0 Å². The maximum Gasteiger partial charge on any atom is 0.395 e. The molecule has 0 radical (unpaired) electrons. The summed E-state index contributed by atoms with van der Waals surface area (Å²) < 4.78 is 98.6. The van der Waals surface area contributed by atoms with Crippen molar-refractivity contribution in [3.8, 4) is 0 Å². The second kappa shape index (κ2) is 6.79. The molecule has 19 heavy (non-hydrogen) atoms. The number of alkyl halides is 6. The first kappa shape index (κ1) is 18.5. The summed E-state index contributed by atoms with van der Waals surface area (Å²) in [5, 5.41) is -2.34. The summed E-state index contributed by atoms with van der Waals surface area (Å²) in [4.78, 5) is 11.1. The Morgan fingerprint density at radius 1 is 1.00 bits per heavy atom. The van der Waals surface area contributed by atoms with E-state index in [0.29, 0.717) is 7.11 Å². The van der Waals surface area contributed by atoms with Gasteiger partial charge in [0.1, 0.15) is 15.6 Å². The fourth-order valence-electron chi connectivity index (χ4n) is 1.16. The van der Waals surface area contributed by atoms with E-state index in [1.54, 1.807) is 0 Å². The average molecular weight is 334 g/mol. The normalized spacial score (nSPS) is 17.6.